The van der Waals surface area contributed by atoms with E-state index in [0.29, 0.717) is 5.92 Å². The number of nitrogens with two attached hydrogens (primary N) is 1. The zero-order chi connectivity index (χ0) is 15.2. The van der Waals surface area contributed by atoms with Crippen molar-refractivity contribution in [1.29, 1.82) is 0 Å². The first kappa shape index (κ1) is 15.8. The van der Waals surface area contributed by atoms with Crippen molar-refractivity contribution in [2.45, 2.75) is 59.3 Å². The van der Waals surface area contributed by atoms with E-state index in [4.69, 9.17) is 5.73 Å². The second kappa shape index (κ2) is 7.44. The van der Waals surface area contributed by atoms with Crippen LogP contribution >= 0.6 is 0 Å². The molecular formula is C19H28N2. The molecule has 114 valence electrons. The molecule has 0 aliphatic carbocycles. The molecule has 0 fully saturated rings. The standard InChI is InChI=1S/C19H28N2/c1-4-5-6-10-17-15(13-12-14(2)3)16-9-7-8-11-18(16)21-19(17)20/h7-9,11,14H,4-6,10,12-13H2,1-3H3,(H2,20,21). The number of pyridine rings is 1. The van der Waals surface area contributed by atoms with E-state index in [9.17, 15) is 0 Å². The number of fused-ring (bicyclic) bond motifs is 1. The van der Waals surface area contributed by atoms with Gasteiger partial charge in [-0.3, -0.25) is 0 Å². The van der Waals surface area contributed by atoms with Crippen LogP contribution in [-0.2, 0) is 12.8 Å². The minimum absolute atomic E-state index is 0.710. The van der Waals surface area contributed by atoms with Crippen LogP contribution in [0.2, 0.25) is 0 Å². The fraction of sp³-hybridized carbons (Fsp3) is 0.526. The largest absolute Gasteiger partial charge is 0.383 e. The summed E-state index contributed by atoms with van der Waals surface area (Å²) in [5.74, 6) is 1.45. The van der Waals surface area contributed by atoms with E-state index in [0.717, 1.165) is 24.2 Å². The van der Waals surface area contributed by atoms with Crippen molar-refractivity contribution in [2.24, 2.45) is 5.92 Å². The summed E-state index contributed by atoms with van der Waals surface area (Å²) in [5, 5.41) is 1.29. The Morgan fingerprint density at radius 3 is 2.52 bits per heavy atom. The molecule has 1 heterocycles. The summed E-state index contributed by atoms with van der Waals surface area (Å²) < 4.78 is 0. The van der Waals surface area contributed by atoms with Gasteiger partial charge < -0.3 is 5.73 Å². The third-order valence-electron chi connectivity index (χ3n) is 4.15. The van der Waals surface area contributed by atoms with Gasteiger partial charge in [0.05, 0.1) is 5.52 Å². The van der Waals surface area contributed by atoms with Crippen molar-refractivity contribution in [1.82, 2.24) is 4.98 Å². The van der Waals surface area contributed by atoms with E-state index in [-0.39, 0.29) is 0 Å². The van der Waals surface area contributed by atoms with Crippen molar-refractivity contribution in [2.75, 3.05) is 5.73 Å². The number of benzene rings is 1. The molecule has 1 aromatic heterocycles. The Balaban J connectivity index is 2.42. The molecule has 2 N–H and O–H groups in total. The van der Waals surface area contributed by atoms with Crippen molar-refractivity contribution < 1.29 is 0 Å². The van der Waals surface area contributed by atoms with E-state index in [1.807, 2.05) is 6.07 Å². The smallest absolute Gasteiger partial charge is 0.127 e. The first-order valence-corrected chi connectivity index (χ1v) is 8.29. The number of aryl methyl sites for hydroxylation is 1. The zero-order valence-corrected chi connectivity index (χ0v) is 13.7. The van der Waals surface area contributed by atoms with Gasteiger partial charge in [0.1, 0.15) is 5.82 Å². The maximum absolute atomic E-state index is 6.26. The molecule has 0 spiro atoms. The lowest BCUT2D eigenvalue weighted by molar-refractivity contribution is 0.585. The molecule has 0 bridgehead atoms. The minimum atomic E-state index is 0.710. The van der Waals surface area contributed by atoms with Crippen molar-refractivity contribution in [3.8, 4) is 0 Å². The number of aromatic nitrogens is 1. The van der Waals surface area contributed by atoms with Gasteiger partial charge in [0.15, 0.2) is 0 Å². The lowest BCUT2D eigenvalue weighted by atomic mass is 9.92. The van der Waals surface area contributed by atoms with Crippen LogP contribution in [0.5, 0.6) is 0 Å². The molecule has 0 aliphatic heterocycles. The average molecular weight is 284 g/mol. The fourth-order valence-corrected chi connectivity index (χ4v) is 2.89. The van der Waals surface area contributed by atoms with Crippen LogP contribution in [0.25, 0.3) is 10.9 Å². The number of para-hydroxylation sites is 1. The third-order valence-corrected chi connectivity index (χ3v) is 4.15. The Kier molecular flexibility index (Phi) is 5.60. The Bertz CT molecular complexity index is 587. The van der Waals surface area contributed by atoms with Gasteiger partial charge in [0.2, 0.25) is 0 Å². The fourth-order valence-electron chi connectivity index (χ4n) is 2.89. The molecule has 0 saturated carbocycles. The van der Waals surface area contributed by atoms with E-state index >= 15 is 0 Å². The van der Waals surface area contributed by atoms with Crippen LogP contribution < -0.4 is 5.73 Å². The van der Waals surface area contributed by atoms with Gasteiger partial charge >= 0.3 is 0 Å². The molecule has 2 aromatic rings. The molecule has 0 radical (unpaired) electrons. The maximum atomic E-state index is 6.26. The van der Waals surface area contributed by atoms with Gasteiger partial charge in [-0.05, 0) is 48.8 Å². The molecule has 2 nitrogen and oxygen atoms in total. The van der Waals surface area contributed by atoms with Gasteiger partial charge in [-0.15, -0.1) is 0 Å². The SMILES string of the molecule is CCCCCc1c(N)nc2ccccc2c1CCC(C)C. The third kappa shape index (κ3) is 3.96. The van der Waals surface area contributed by atoms with E-state index < -0.39 is 0 Å². The highest BCUT2D eigenvalue weighted by Gasteiger charge is 2.13. The normalized spacial score (nSPS) is 11.4. The Morgan fingerprint density at radius 1 is 1.05 bits per heavy atom. The number of hydrogen-bond donors (Lipinski definition) is 1. The van der Waals surface area contributed by atoms with Crippen molar-refractivity contribution in [3.63, 3.8) is 0 Å². The second-order valence-corrected chi connectivity index (χ2v) is 6.36. The van der Waals surface area contributed by atoms with Crippen molar-refractivity contribution in [3.05, 3.63) is 35.4 Å². The number of anilines is 1. The van der Waals surface area contributed by atoms with E-state index in [2.05, 4.69) is 44.0 Å². The number of nitrogens with zero attached hydrogens (tertiary/aromatic N) is 1. The van der Waals surface area contributed by atoms with Gasteiger partial charge in [-0.2, -0.15) is 0 Å². The number of nitrogen functional groups attached to an aromatic ring is 1. The van der Waals surface area contributed by atoms with Crippen molar-refractivity contribution >= 4 is 16.7 Å². The van der Waals surface area contributed by atoms with Crippen LogP contribution in [-0.4, -0.2) is 4.98 Å². The molecule has 2 heteroatoms. The summed E-state index contributed by atoms with van der Waals surface area (Å²) in [5.41, 5.74) is 10.0. The summed E-state index contributed by atoms with van der Waals surface area (Å²) in [6.45, 7) is 6.80. The highest BCUT2D eigenvalue weighted by atomic mass is 14.8. The molecule has 0 atom stereocenters. The van der Waals surface area contributed by atoms with E-state index in [1.165, 1.54) is 42.2 Å². The van der Waals surface area contributed by atoms with Crippen LogP contribution in [0.1, 0.15) is 57.6 Å². The average Bonchev–Trinajstić information content (AvgIpc) is 2.46. The number of unbranched alkanes of at least 4 members (excludes halogenated alkanes) is 2. The van der Waals surface area contributed by atoms with Crippen LogP contribution in [0.3, 0.4) is 0 Å². The van der Waals surface area contributed by atoms with Gasteiger partial charge in [-0.25, -0.2) is 4.98 Å². The Labute approximate surface area is 128 Å². The predicted molar refractivity (Wildman–Crippen MR) is 92.5 cm³/mol. The summed E-state index contributed by atoms with van der Waals surface area (Å²) in [6.07, 6.45) is 7.07. The number of rotatable bonds is 7. The monoisotopic (exact) mass is 284 g/mol. The maximum Gasteiger partial charge on any atom is 0.127 e. The molecule has 1 aromatic carbocycles. The molecule has 0 unspecified atom stereocenters. The summed E-state index contributed by atoms with van der Waals surface area (Å²) in [7, 11) is 0. The van der Waals surface area contributed by atoms with Gasteiger partial charge in [0.25, 0.3) is 0 Å². The second-order valence-electron chi connectivity index (χ2n) is 6.36. The van der Waals surface area contributed by atoms with Crippen LogP contribution in [0.15, 0.2) is 24.3 Å². The molecule has 0 saturated heterocycles. The minimum Gasteiger partial charge on any atom is -0.383 e. The van der Waals surface area contributed by atoms with Gasteiger partial charge in [0, 0.05) is 5.39 Å². The highest BCUT2D eigenvalue weighted by molar-refractivity contribution is 5.85. The summed E-state index contributed by atoms with van der Waals surface area (Å²) in [6, 6.07) is 8.41. The highest BCUT2D eigenvalue weighted by Crippen LogP contribution is 2.28. The quantitative estimate of drug-likeness (QED) is 0.715. The Morgan fingerprint density at radius 2 is 1.81 bits per heavy atom. The van der Waals surface area contributed by atoms with Crippen LogP contribution in [0, 0.1) is 5.92 Å². The lowest BCUT2D eigenvalue weighted by Crippen LogP contribution is -2.06. The molecule has 2 rings (SSSR count). The van der Waals surface area contributed by atoms with Gasteiger partial charge in [-0.1, -0.05) is 51.8 Å². The predicted octanol–water partition coefficient (Wildman–Crippen LogP) is 5.14. The topological polar surface area (TPSA) is 38.9 Å². The lowest BCUT2D eigenvalue weighted by Gasteiger charge is -2.16. The zero-order valence-electron chi connectivity index (χ0n) is 13.7. The molecular weight excluding hydrogens is 256 g/mol. The summed E-state index contributed by atoms with van der Waals surface area (Å²) in [4.78, 5) is 4.62. The first-order valence-electron chi connectivity index (χ1n) is 8.29. The van der Waals surface area contributed by atoms with Crippen LogP contribution in [0.4, 0.5) is 5.82 Å². The molecule has 21 heavy (non-hydrogen) atoms. The molecule has 0 aliphatic rings. The van der Waals surface area contributed by atoms with E-state index in [1.54, 1.807) is 0 Å². The first-order chi connectivity index (χ1) is 10.1. The summed E-state index contributed by atoms with van der Waals surface area (Å²) >= 11 is 0. The Hall–Kier alpha value is -1.57. The number of hydrogen-bond acceptors (Lipinski definition) is 2. The molecule has 0 amide bonds.